The molecule has 0 spiro atoms. The Hall–Kier alpha value is -2.18. The van der Waals surface area contributed by atoms with Gasteiger partial charge in [0.15, 0.2) is 11.0 Å². The van der Waals surface area contributed by atoms with Crippen molar-refractivity contribution in [3.05, 3.63) is 28.5 Å². The van der Waals surface area contributed by atoms with Crippen LogP contribution in [0.4, 0.5) is 10.1 Å². The summed E-state index contributed by atoms with van der Waals surface area (Å²) in [7, 11) is -3.76. The number of esters is 1. The maximum absolute atomic E-state index is 14.8. The number of halogens is 2. The van der Waals surface area contributed by atoms with E-state index in [1.54, 1.807) is 13.8 Å². The molecule has 1 amide bonds. The van der Waals surface area contributed by atoms with Gasteiger partial charge in [0.25, 0.3) is 5.91 Å². The lowest BCUT2D eigenvalue weighted by Crippen LogP contribution is -2.32. The first-order chi connectivity index (χ1) is 14.2. The predicted octanol–water partition coefficient (Wildman–Crippen LogP) is 2.77. The Morgan fingerprint density at radius 3 is 2.63 bits per heavy atom. The summed E-state index contributed by atoms with van der Waals surface area (Å²) in [6.07, 6.45) is 0.319. The summed E-state index contributed by atoms with van der Waals surface area (Å²) in [5, 5.41) is 9.93. The molecule has 1 aromatic carbocycles. The summed E-state index contributed by atoms with van der Waals surface area (Å²) in [5.74, 6) is -2.37. The van der Waals surface area contributed by atoms with Gasteiger partial charge in [0.2, 0.25) is 10.0 Å². The summed E-state index contributed by atoms with van der Waals surface area (Å²) < 4.78 is 45.5. The number of carbonyl (C=O) groups excluding carboxylic acids is 2. The molecule has 0 aromatic heterocycles. The van der Waals surface area contributed by atoms with Crippen molar-refractivity contribution >= 4 is 61.8 Å². The van der Waals surface area contributed by atoms with E-state index < -0.39 is 33.3 Å². The van der Waals surface area contributed by atoms with Gasteiger partial charge in [-0.05, 0) is 25.5 Å². The number of ether oxygens (including phenoxy) is 1. The molecule has 0 bridgehead atoms. The molecular formula is C17H20ClFN4O5S2. The zero-order chi connectivity index (χ0) is 22.3. The van der Waals surface area contributed by atoms with Gasteiger partial charge in [-0.15, -0.1) is 5.10 Å². The summed E-state index contributed by atoms with van der Waals surface area (Å²) in [4.78, 5) is 24.0. The van der Waals surface area contributed by atoms with Crippen LogP contribution in [0.3, 0.4) is 0 Å². The van der Waals surface area contributed by atoms with Gasteiger partial charge in [0, 0.05) is 5.75 Å². The van der Waals surface area contributed by atoms with Crippen molar-refractivity contribution in [2.75, 3.05) is 22.8 Å². The zero-order valence-corrected chi connectivity index (χ0v) is 18.6. The van der Waals surface area contributed by atoms with Crippen LogP contribution < -0.4 is 10.0 Å². The van der Waals surface area contributed by atoms with Crippen LogP contribution in [0.15, 0.2) is 22.3 Å². The fourth-order valence-corrected chi connectivity index (χ4v) is 4.43. The lowest BCUT2D eigenvalue weighted by atomic mass is 10.1. The highest BCUT2D eigenvalue weighted by Gasteiger charge is 2.24. The highest BCUT2D eigenvalue weighted by Crippen LogP contribution is 2.27. The van der Waals surface area contributed by atoms with Crippen molar-refractivity contribution in [1.82, 2.24) is 5.32 Å². The fourth-order valence-electron chi connectivity index (χ4n) is 2.34. The van der Waals surface area contributed by atoms with Gasteiger partial charge < -0.3 is 4.74 Å². The third-order valence-corrected chi connectivity index (χ3v) is 6.31. The van der Waals surface area contributed by atoms with Crippen molar-refractivity contribution < 1.29 is 27.1 Å². The van der Waals surface area contributed by atoms with Crippen molar-refractivity contribution in [2.24, 2.45) is 10.2 Å². The minimum atomic E-state index is -3.76. The monoisotopic (exact) mass is 478 g/mol. The fraction of sp³-hybridized carbons (Fsp3) is 0.412. The number of nitrogens with one attached hydrogen (secondary N) is 2. The lowest BCUT2D eigenvalue weighted by Gasteiger charge is -2.15. The third-order valence-electron chi connectivity index (χ3n) is 3.59. The van der Waals surface area contributed by atoms with E-state index in [1.165, 1.54) is 6.07 Å². The maximum atomic E-state index is 14.8. The molecule has 0 radical (unpaired) electrons. The van der Waals surface area contributed by atoms with Gasteiger partial charge in [-0.1, -0.05) is 30.3 Å². The van der Waals surface area contributed by atoms with Crippen LogP contribution in [0.2, 0.25) is 5.02 Å². The molecule has 0 saturated heterocycles. The van der Waals surface area contributed by atoms with Crippen LogP contribution in [-0.2, 0) is 19.6 Å². The summed E-state index contributed by atoms with van der Waals surface area (Å²) in [5.41, 5.74) is -0.447. The van der Waals surface area contributed by atoms with E-state index >= 15 is 0 Å². The second-order valence-electron chi connectivity index (χ2n) is 6.00. The van der Waals surface area contributed by atoms with E-state index in [0.29, 0.717) is 12.1 Å². The minimum absolute atomic E-state index is 0.0219. The van der Waals surface area contributed by atoms with E-state index in [1.807, 2.05) is 0 Å². The molecule has 2 N–H and O–H groups in total. The number of thioether (sulfide) groups is 1. The van der Waals surface area contributed by atoms with E-state index in [-0.39, 0.29) is 40.4 Å². The molecule has 0 fully saturated rings. The van der Waals surface area contributed by atoms with Crippen LogP contribution in [0.25, 0.3) is 0 Å². The molecule has 1 aromatic rings. The molecule has 30 heavy (non-hydrogen) atoms. The highest BCUT2D eigenvalue weighted by molar-refractivity contribution is 8.14. The number of hydrogen-bond acceptors (Lipinski definition) is 8. The van der Waals surface area contributed by atoms with Crippen molar-refractivity contribution in [3.8, 4) is 0 Å². The highest BCUT2D eigenvalue weighted by atomic mass is 35.5. The number of amidine groups is 1. The molecule has 2 rings (SSSR count). The number of sulfonamides is 1. The molecule has 0 saturated carbocycles. The van der Waals surface area contributed by atoms with Gasteiger partial charge >= 0.3 is 5.97 Å². The smallest absolute Gasteiger partial charge is 0.311 e. The summed E-state index contributed by atoms with van der Waals surface area (Å²) in [6, 6.07) is 2.36. The lowest BCUT2D eigenvalue weighted by molar-refractivity contribution is -0.141. The Morgan fingerprint density at radius 2 is 2.03 bits per heavy atom. The average molecular weight is 479 g/mol. The van der Waals surface area contributed by atoms with Crippen molar-refractivity contribution in [2.45, 2.75) is 26.7 Å². The maximum Gasteiger partial charge on any atom is 0.311 e. The topological polar surface area (TPSA) is 126 Å². The predicted molar refractivity (Wildman–Crippen MR) is 115 cm³/mol. The van der Waals surface area contributed by atoms with Crippen LogP contribution in [0.1, 0.15) is 37.0 Å². The Labute approximate surface area is 182 Å². The molecule has 0 atom stereocenters. The zero-order valence-electron chi connectivity index (χ0n) is 16.2. The van der Waals surface area contributed by atoms with Crippen LogP contribution in [-0.4, -0.2) is 49.3 Å². The van der Waals surface area contributed by atoms with Crippen LogP contribution in [0.5, 0.6) is 0 Å². The van der Waals surface area contributed by atoms with E-state index in [2.05, 4.69) is 20.2 Å². The van der Waals surface area contributed by atoms with Crippen LogP contribution >= 0.6 is 23.4 Å². The Morgan fingerprint density at radius 1 is 1.30 bits per heavy atom. The SMILES string of the molecule is CCCS(=O)(=O)Nc1ccc(Cl)c(C(=O)NC2=NN=C(CC(=O)OCC)CS2)c1F. The van der Waals surface area contributed by atoms with Crippen LogP contribution in [0, 0.1) is 5.82 Å². The standard InChI is InChI=1S/C17H20ClFN4O5S2/c1-3-7-30(26,27)23-12-6-5-11(18)14(15(12)19)16(25)20-17-22-21-10(9-29-17)8-13(24)28-4-2/h5-6,23H,3-4,7-9H2,1-2H3,(H,20,22,25). The first kappa shape index (κ1) is 24.1. The quantitative estimate of drug-likeness (QED) is 0.553. The number of carbonyl (C=O) groups is 2. The number of anilines is 1. The first-order valence-corrected chi connectivity index (χ1v) is 11.9. The number of nitrogens with zero attached hydrogens (tertiary/aromatic N) is 2. The molecule has 0 unspecified atom stereocenters. The summed E-state index contributed by atoms with van der Waals surface area (Å²) in [6.45, 7) is 3.61. The van der Waals surface area contributed by atoms with E-state index in [9.17, 15) is 22.4 Å². The Kier molecular flexibility index (Phi) is 8.62. The number of hydrogen-bond donors (Lipinski definition) is 2. The number of benzene rings is 1. The minimum Gasteiger partial charge on any atom is -0.466 e. The third kappa shape index (κ3) is 6.67. The Bertz CT molecular complexity index is 998. The molecule has 0 aliphatic carbocycles. The van der Waals surface area contributed by atoms with Crippen molar-refractivity contribution in [1.29, 1.82) is 0 Å². The molecule has 1 aliphatic heterocycles. The largest absolute Gasteiger partial charge is 0.466 e. The summed E-state index contributed by atoms with van der Waals surface area (Å²) >= 11 is 7.04. The second-order valence-corrected chi connectivity index (χ2v) is 9.21. The molecular weight excluding hydrogens is 459 g/mol. The second kappa shape index (κ2) is 10.7. The normalized spacial score (nSPS) is 13.9. The molecule has 164 valence electrons. The van der Waals surface area contributed by atoms with E-state index in [0.717, 1.165) is 17.8 Å². The van der Waals surface area contributed by atoms with Crippen molar-refractivity contribution in [3.63, 3.8) is 0 Å². The number of amides is 1. The number of rotatable bonds is 8. The van der Waals surface area contributed by atoms with Gasteiger partial charge in [-0.3, -0.25) is 19.6 Å². The van der Waals surface area contributed by atoms with Gasteiger partial charge in [-0.25, -0.2) is 12.8 Å². The molecule has 1 heterocycles. The van der Waals surface area contributed by atoms with Gasteiger partial charge in [0.05, 0.1) is 40.8 Å². The van der Waals surface area contributed by atoms with E-state index in [4.69, 9.17) is 16.3 Å². The molecule has 9 nitrogen and oxygen atoms in total. The average Bonchev–Trinajstić information content (AvgIpc) is 2.66. The van der Waals surface area contributed by atoms with Gasteiger partial charge in [-0.2, -0.15) is 5.10 Å². The van der Waals surface area contributed by atoms with Gasteiger partial charge in [0.1, 0.15) is 0 Å². The first-order valence-electron chi connectivity index (χ1n) is 8.88. The molecule has 13 heteroatoms. The Balaban J connectivity index is 2.16. The molecule has 1 aliphatic rings.